The van der Waals surface area contributed by atoms with Crippen LogP contribution in [0.25, 0.3) is 0 Å². The van der Waals surface area contributed by atoms with Gasteiger partial charge in [0.25, 0.3) is 0 Å². The molecule has 2 atom stereocenters. The minimum absolute atomic E-state index is 0.0755. The van der Waals surface area contributed by atoms with E-state index in [1.54, 1.807) is 0 Å². The Labute approximate surface area is 98.9 Å². The number of carbonyl (C=O) groups excluding carboxylic acids is 1. The highest BCUT2D eigenvalue weighted by atomic mass is 16.5. The van der Waals surface area contributed by atoms with Gasteiger partial charge in [0, 0.05) is 13.2 Å². The molecule has 0 aliphatic carbocycles. The lowest BCUT2D eigenvalue weighted by Crippen LogP contribution is -2.45. The second kappa shape index (κ2) is 9.60. The summed E-state index contributed by atoms with van der Waals surface area (Å²) in [7, 11) is 0. The van der Waals surface area contributed by atoms with Crippen molar-refractivity contribution in [1.82, 2.24) is 5.32 Å². The number of ether oxygens (including phenoxy) is 1. The van der Waals surface area contributed by atoms with Crippen molar-refractivity contribution in [1.29, 1.82) is 0 Å². The Bertz CT molecular complexity index is 186. The number of hydrogen-bond acceptors (Lipinski definition) is 3. The Kier molecular flexibility index (Phi) is 9.24. The van der Waals surface area contributed by atoms with E-state index in [0.29, 0.717) is 13.2 Å². The molecule has 0 saturated carbocycles. The zero-order chi connectivity index (χ0) is 12.4. The van der Waals surface area contributed by atoms with E-state index < -0.39 is 6.04 Å². The maximum absolute atomic E-state index is 11.5. The van der Waals surface area contributed by atoms with Crippen molar-refractivity contribution in [3.8, 4) is 0 Å². The summed E-state index contributed by atoms with van der Waals surface area (Å²) in [4.78, 5) is 11.5. The smallest absolute Gasteiger partial charge is 0.237 e. The second-order valence-corrected chi connectivity index (χ2v) is 4.17. The Hall–Kier alpha value is -0.610. The molecule has 4 nitrogen and oxygen atoms in total. The molecule has 0 aromatic carbocycles. The Morgan fingerprint density at radius 1 is 1.38 bits per heavy atom. The van der Waals surface area contributed by atoms with Gasteiger partial charge in [0.1, 0.15) is 0 Å². The largest absolute Gasteiger partial charge is 0.380 e. The molecule has 4 heteroatoms. The van der Waals surface area contributed by atoms with Crippen LogP contribution in [-0.2, 0) is 9.53 Å². The average molecular weight is 230 g/mol. The van der Waals surface area contributed by atoms with Crippen LogP contribution in [0.3, 0.4) is 0 Å². The number of unbranched alkanes of at least 4 members (excludes halogenated alkanes) is 1. The number of amides is 1. The minimum Gasteiger partial charge on any atom is -0.380 e. The van der Waals surface area contributed by atoms with E-state index in [-0.39, 0.29) is 11.8 Å². The third-order valence-electron chi connectivity index (χ3n) is 2.75. The molecule has 0 spiro atoms. The zero-order valence-corrected chi connectivity index (χ0v) is 10.8. The fourth-order valence-corrected chi connectivity index (χ4v) is 1.23. The van der Waals surface area contributed by atoms with Gasteiger partial charge in [0.15, 0.2) is 0 Å². The van der Waals surface area contributed by atoms with Crippen molar-refractivity contribution in [2.24, 2.45) is 11.7 Å². The molecule has 3 N–H and O–H groups in total. The average Bonchev–Trinajstić information content (AvgIpc) is 2.31. The standard InChI is InChI=1S/C12H26N2O2/c1-4-6-8-16-9-7-14-12(15)11(13)10(3)5-2/h10-11H,4-9,13H2,1-3H3,(H,14,15)/t10-,11-/m0/s1. The van der Waals surface area contributed by atoms with E-state index in [2.05, 4.69) is 12.2 Å². The molecule has 0 heterocycles. The van der Waals surface area contributed by atoms with Gasteiger partial charge in [0.05, 0.1) is 12.6 Å². The van der Waals surface area contributed by atoms with Crippen LogP contribution in [0, 0.1) is 5.92 Å². The van der Waals surface area contributed by atoms with Crippen LogP contribution in [0.1, 0.15) is 40.0 Å². The van der Waals surface area contributed by atoms with E-state index >= 15 is 0 Å². The van der Waals surface area contributed by atoms with Gasteiger partial charge in [-0.15, -0.1) is 0 Å². The van der Waals surface area contributed by atoms with Gasteiger partial charge >= 0.3 is 0 Å². The Morgan fingerprint density at radius 2 is 2.06 bits per heavy atom. The molecular formula is C12H26N2O2. The zero-order valence-electron chi connectivity index (χ0n) is 10.8. The van der Waals surface area contributed by atoms with Crippen LogP contribution in [0.15, 0.2) is 0 Å². The van der Waals surface area contributed by atoms with Gasteiger partial charge in [0.2, 0.25) is 5.91 Å². The van der Waals surface area contributed by atoms with Crippen molar-refractivity contribution >= 4 is 5.91 Å². The Morgan fingerprint density at radius 3 is 2.62 bits per heavy atom. The van der Waals surface area contributed by atoms with Crippen LogP contribution >= 0.6 is 0 Å². The van der Waals surface area contributed by atoms with Crippen molar-refractivity contribution in [2.75, 3.05) is 19.8 Å². The maximum Gasteiger partial charge on any atom is 0.237 e. The van der Waals surface area contributed by atoms with Crippen LogP contribution in [0.2, 0.25) is 0 Å². The SMILES string of the molecule is CCCCOCCNC(=O)[C@@H](N)[C@@H](C)CC. The van der Waals surface area contributed by atoms with E-state index in [9.17, 15) is 4.79 Å². The number of hydrogen-bond donors (Lipinski definition) is 2. The normalized spacial score (nSPS) is 14.5. The highest BCUT2D eigenvalue weighted by molar-refractivity contribution is 5.81. The molecule has 96 valence electrons. The van der Waals surface area contributed by atoms with Crippen molar-refractivity contribution in [3.05, 3.63) is 0 Å². The summed E-state index contributed by atoms with van der Waals surface area (Å²) < 4.78 is 5.34. The first-order chi connectivity index (χ1) is 7.63. The molecule has 0 unspecified atom stereocenters. The first-order valence-corrected chi connectivity index (χ1v) is 6.24. The van der Waals surface area contributed by atoms with E-state index in [1.165, 1.54) is 0 Å². The molecule has 0 radical (unpaired) electrons. The summed E-state index contributed by atoms with van der Waals surface area (Å²) in [5.41, 5.74) is 5.78. The number of nitrogens with one attached hydrogen (secondary N) is 1. The molecule has 0 fully saturated rings. The van der Waals surface area contributed by atoms with Gasteiger partial charge in [-0.3, -0.25) is 4.79 Å². The lowest BCUT2D eigenvalue weighted by Gasteiger charge is -2.17. The van der Waals surface area contributed by atoms with Gasteiger partial charge in [-0.2, -0.15) is 0 Å². The highest BCUT2D eigenvalue weighted by Gasteiger charge is 2.18. The summed E-state index contributed by atoms with van der Waals surface area (Å²) in [6.45, 7) is 8.03. The van der Waals surface area contributed by atoms with Gasteiger partial charge in [-0.25, -0.2) is 0 Å². The van der Waals surface area contributed by atoms with Crippen molar-refractivity contribution in [3.63, 3.8) is 0 Å². The molecule has 0 rings (SSSR count). The summed E-state index contributed by atoms with van der Waals surface area (Å²) in [6, 6.07) is -0.402. The summed E-state index contributed by atoms with van der Waals surface area (Å²) in [5, 5.41) is 2.79. The minimum atomic E-state index is -0.402. The molecule has 0 aromatic heterocycles. The number of rotatable bonds is 9. The van der Waals surface area contributed by atoms with Crippen LogP contribution in [-0.4, -0.2) is 31.7 Å². The summed E-state index contributed by atoms with van der Waals surface area (Å²) in [6.07, 6.45) is 3.12. The topological polar surface area (TPSA) is 64.3 Å². The molecule has 0 bridgehead atoms. The predicted octanol–water partition coefficient (Wildman–Crippen LogP) is 1.29. The molecule has 0 saturated heterocycles. The van der Waals surface area contributed by atoms with Crippen LogP contribution in [0.5, 0.6) is 0 Å². The Balaban J connectivity index is 3.50. The fraction of sp³-hybridized carbons (Fsp3) is 0.917. The van der Waals surface area contributed by atoms with E-state index in [0.717, 1.165) is 25.9 Å². The maximum atomic E-state index is 11.5. The lowest BCUT2D eigenvalue weighted by atomic mass is 9.99. The van der Waals surface area contributed by atoms with Gasteiger partial charge in [-0.05, 0) is 12.3 Å². The van der Waals surface area contributed by atoms with E-state index in [1.807, 2.05) is 13.8 Å². The number of carbonyl (C=O) groups is 1. The molecule has 0 aliphatic heterocycles. The highest BCUT2D eigenvalue weighted by Crippen LogP contribution is 2.04. The number of nitrogens with two attached hydrogens (primary N) is 1. The van der Waals surface area contributed by atoms with Crippen LogP contribution in [0.4, 0.5) is 0 Å². The summed E-state index contributed by atoms with van der Waals surface area (Å²) in [5.74, 6) is 0.148. The fourth-order valence-electron chi connectivity index (χ4n) is 1.23. The molecule has 1 amide bonds. The molecule has 16 heavy (non-hydrogen) atoms. The monoisotopic (exact) mass is 230 g/mol. The van der Waals surface area contributed by atoms with Crippen LogP contribution < -0.4 is 11.1 Å². The van der Waals surface area contributed by atoms with Gasteiger partial charge < -0.3 is 15.8 Å². The summed E-state index contributed by atoms with van der Waals surface area (Å²) >= 11 is 0. The second-order valence-electron chi connectivity index (χ2n) is 4.17. The van der Waals surface area contributed by atoms with Gasteiger partial charge in [-0.1, -0.05) is 33.6 Å². The quantitative estimate of drug-likeness (QED) is 0.587. The van der Waals surface area contributed by atoms with Crippen molar-refractivity contribution < 1.29 is 9.53 Å². The lowest BCUT2D eigenvalue weighted by molar-refractivity contribution is -0.123. The molecule has 0 aromatic rings. The molecule has 0 aliphatic rings. The molecular weight excluding hydrogens is 204 g/mol. The van der Waals surface area contributed by atoms with Crippen molar-refractivity contribution in [2.45, 2.75) is 46.1 Å². The first kappa shape index (κ1) is 15.4. The third kappa shape index (κ3) is 6.80. The third-order valence-corrected chi connectivity index (χ3v) is 2.75. The predicted molar refractivity (Wildman–Crippen MR) is 66.2 cm³/mol. The first-order valence-electron chi connectivity index (χ1n) is 6.24. The van der Waals surface area contributed by atoms with E-state index in [4.69, 9.17) is 10.5 Å².